The zero-order valence-corrected chi connectivity index (χ0v) is 10.9. The van der Waals surface area contributed by atoms with E-state index in [9.17, 15) is 18.8 Å². The zero-order valence-electron chi connectivity index (χ0n) is 10.9. The van der Waals surface area contributed by atoms with Gasteiger partial charge >= 0.3 is 11.9 Å². The molecule has 0 fully saturated rings. The molecule has 0 aliphatic rings. The summed E-state index contributed by atoms with van der Waals surface area (Å²) in [6.45, 7) is 1.54. The summed E-state index contributed by atoms with van der Waals surface area (Å²) in [7, 11) is 0. The van der Waals surface area contributed by atoms with Gasteiger partial charge < -0.3 is 20.2 Å². The fourth-order valence-electron chi connectivity index (χ4n) is 1.73. The molecule has 2 aromatic rings. The molecule has 8 heteroatoms. The van der Waals surface area contributed by atoms with Crippen molar-refractivity contribution in [3.63, 3.8) is 0 Å². The van der Waals surface area contributed by atoms with Crippen LogP contribution in [0.3, 0.4) is 0 Å². The van der Waals surface area contributed by atoms with Crippen LogP contribution in [0.25, 0.3) is 11.0 Å². The van der Waals surface area contributed by atoms with Gasteiger partial charge in [-0.3, -0.25) is 9.59 Å². The largest absolute Gasteiger partial charge is 0.459 e. The number of esters is 1. The molecule has 0 aliphatic carbocycles. The second-order valence-corrected chi connectivity index (χ2v) is 3.99. The second-order valence-electron chi connectivity index (χ2n) is 3.99. The molecular weight excluding hydrogens is 283 g/mol. The first-order chi connectivity index (χ1) is 9.93. The van der Waals surface area contributed by atoms with Crippen LogP contribution >= 0.6 is 0 Å². The number of carbonyl (C=O) groups excluding carboxylic acids is 3. The molecule has 0 saturated heterocycles. The van der Waals surface area contributed by atoms with Crippen molar-refractivity contribution >= 4 is 34.4 Å². The van der Waals surface area contributed by atoms with E-state index in [1.807, 2.05) is 0 Å². The molecule has 3 N–H and O–H groups in total. The maximum Gasteiger partial charge on any atom is 0.397 e. The lowest BCUT2D eigenvalue weighted by Crippen LogP contribution is -2.26. The SMILES string of the molecule is CCOC(=O)C(=O)Nc1c(C(N)=O)oc2ccc(F)cc12. The van der Waals surface area contributed by atoms with Crippen molar-refractivity contribution in [2.45, 2.75) is 6.92 Å². The number of ether oxygens (including phenoxy) is 1. The van der Waals surface area contributed by atoms with Crippen LogP contribution in [0.2, 0.25) is 0 Å². The van der Waals surface area contributed by atoms with Crippen LogP contribution in [-0.4, -0.2) is 24.4 Å². The Bertz CT molecular complexity index is 737. The van der Waals surface area contributed by atoms with Crippen LogP contribution in [0.4, 0.5) is 10.1 Å². The van der Waals surface area contributed by atoms with Crippen molar-refractivity contribution in [2.24, 2.45) is 5.73 Å². The standard InChI is InChI=1S/C13H11FN2O5/c1-2-20-13(19)12(18)16-9-7-5-6(14)3-4-8(7)21-10(9)11(15)17/h3-5H,2H2,1H3,(H2,15,17)(H,16,18). The maximum atomic E-state index is 13.3. The highest BCUT2D eigenvalue weighted by Crippen LogP contribution is 2.31. The van der Waals surface area contributed by atoms with Gasteiger partial charge in [-0.25, -0.2) is 9.18 Å². The molecule has 0 atom stereocenters. The van der Waals surface area contributed by atoms with Crippen molar-refractivity contribution in [3.8, 4) is 0 Å². The van der Waals surface area contributed by atoms with Gasteiger partial charge in [-0.1, -0.05) is 0 Å². The first-order valence-electron chi connectivity index (χ1n) is 5.94. The van der Waals surface area contributed by atoms with Gasteiger partial charge in [-0.05, 0) is 25.1 Å². The van der Waals surface area contributed by atoms with Crippen molar-refractivity contribution in [3.05, 3.63) is 29.8 Å². The molecule has 1 heterocycles. The van der Waals surface area contributed by atoms with E-state index < -0.39 is 23.6 Å². The van der Waals surface area contributed by atoms with Crippen molar-refractivity contribution in [1.82, 2.24) is 0 Å². The Balaban J connectivity index is 2.47. The summed E-state index contributed by atoms with van der Waals surface area (Å²) in [6, 6.07) is 3.44. The van der Waals surface area contributed by atoms with Gasteiger partial charge in [0, 0.05) is 5.39 Å². The molecular formula is C13H11FN2O5. The van der Waals surface area contributed by atoms with E-state index in [1.54, 1.807) is 0 Å². The maximum absolute atomic E-state index is 13.3. The van der Waals surface area contributed by atoms with Crippen LogP contribution in [-0.2, 0) is 14.3 Å². The Labute approximate surface area is 117 Å². The summed E-state index contributed by atoms with van der Waals surface area (Å²) in [5.74, 6) is -4.21. The van der Waals surface area contributed by atoms with E-state index in [1.165, 1.54) is 13.0 Å². The Kier molecular flexibility index (Phi) is 3.88. The zero-order chi connectivity index (χ0) is 15.6. The minimum absolute atomic E-state index is 0.00962. The van der Waals surface area contributed by atoms with Gasteiger partial charge in [0.25, 0.3) is 5.91 Å². The number of fused-ring (bicyclic) bond motifs is 1. The number of furan rings is 1. The first kappa shape index (κ1) is 14.5. The number of nitrogens with one attached hydrogen (secondary N) is 1. The minimum Gasteiger partial charge on any atom is -0.459 e. The van der Waals surface area contributed by atoms with Gasteiger partial charge in [0.2, 0.25) is 5.76 Å². The lowest BCUT2D eigenvalue weighted by Gasteiger charge is -2.04. The first-order valence-corrected chi connectivity index (χ1v) is 5.94. The number of rotatable bonds is 3. The van der Waals surface area contributed by atoms with Crippen LogP contribution in [0.5, 0.6) is 0 Å². The summed E-state index contributed by atoms with van der Waals surface area (Å²) >= 11 is 0. The Morgan fingerprint density at radius 2 is 2.10 bits per heavy atom. The molecule has 110 valence electrons. The summed E-state index contributed by atoms with van der Waals surface area (Å²) in [4.78, 5) is 34.2. The average Bonchev–Trinajstić information content (AvgIpc) is 2.77. The fourth-order valence-corrected chi connectivity index (χ4v) is 1.73. The fraction of sp³-hybridized carbons (Fsp3) is 0.154. The predicted octanol–water partition coefficient (Wildman–Crippen LogP) is 1.17. The number of amides is 2. The van der Waals surface area contributed by atoms with Crippen LogP contribution < -0.4 is 11.1 Å². The molecule has 0 spiro atoms. The lowest BCUT2D eigenvalue weighted by atomic mass is 10.2. The molecule has 2 amide bonds. The van der Waals surface area contributed by atoms with Crippen LogP contribution in [0.1, 0.15) is 17.5 Å². The molecule has 0 unspecified atom stereocenters. The van der Waals surface area contributed by atoms with Crippen molar-refractivity contribution < 1.29 is 27.9 Å². The summed E-state index contributed by atoms with van der Waals surface area (Å²) < 4.78 is 22.9. The van der Waals surface area contributed by atoms with Gasteiger partial charge in [-0.2, -0.15) is 0 Å². The molecule has 1 aromatic heterocycles. The van der Waals surface area contributed by atoms with Gasteiger partial charge in [-0.15, -0.1) is 0 Å². The molecule has 0 saturated carbocycles. The number of carbonyl (C=O) groups is 3. The van der Waals surface area contributed by atoms with Gasteiger partial charge in [0.1, 0.15) is 17.1 Å². The minimum atomic E-state index is -1.14. The van der Waals surface area contributed by atoms with Gasteiger partial charge in [0.05, 0.1) is 6.61 Å². The van der Waals surface area contributed by atoms with Crippen molar-refractivity contribution in [2.75, 3.05) is 11.9 Å². The number of halogens is 1. The third-order valence-electron chi connectivity index (χ3n) is 2.57. The number of hydrogen-bond acceptors (Lipinski definition) is 5. The third-order valence-corrected chi connectivity index (χ3v) is 2.57. The van der Waals surface area contributed by atoms with E-state index >= 15 is 0 Å². The monoisotopic (exact) mass is 294 g/mol. The average molecular weight is 294 g/mol. The number of benzene rings is 1. The molecule has 2 rings (SSSR count). The highest BCUT2D eigenvalue weighted by atomic mass is 19.1. The van der Waals surface area contributed by atoms with E-state index in [4.69, 9.17) is 10.2 Å². The number of anilines is 1. The third kappa shape index (κ3) is 2.83. The Morgan fingerprint density at radius 1 is 1.38 bits per heavy atom. The molecule has 0 radical (unpaired) electrons. The lowest BCUT2D eigenvalue weighted by molar-refractivity contribution is -0.152. The predicted molar refractivity (Wildman–Crippen MR) is 70.0 cm³/mol. The number of primary amides is 1. The topological polar surface area (TPSA) is 112 Å². The molecule has 0 aliphatic heterocycles. The van der Waals surface area contributed by atoms with Crippen molar-refractivity contribution in [1.29, 1.82) is 0 Å². The molecule has 1 aromatic carbocycles. The molecule has 7 nitrogen and oxygen atoms in total. The molecule has 0 bridgehead atoms. The Hall–Kier alpha value is -2.90. The highest BCUT2D eigenvalue weighted by molar-refractivity contribution is 6.38. The highest BCUT2D eigenvalue weighted by Gasteiger charge is 2.24. The van der Waals surface area contributed by atoms with E-state index in [2.05, 4.69) is 10.1 Å². The molecule has 21 heavy (non-hydrogen) atoms. The van der Waals surface area contributed by atoms with Gasteiger partial charge in [0.15, 0.2) is 0 Å². The van der Waals surface area contributed by atoms with E-state index in [0.29, 0.717) is 0 Å². The summed E-state index contributed by atoms with van der Waals surface area (Å²) in [5, 5.41) is 2.26. The summed E-state index contributed by atoms with van der Waals surface area (Å²) in [5.41, 5.74) is 5.10. The Morgan fingerprint density at radius 3 is 2.71 bits per heavy atom. The van der Waals surface area contributed by atoms with Crippen LogP contribution in [0.15, 0.2) is 22.6 Å². The quantitative estimate of drug-likeness (QED) is 0.652. The number of hydrogen-bond donors (Lipinski definition) is 2. The van der Waals surface area contributed by atoms with E-state index in [0.717, 1.165) is 12.1 Å². The normalized spacial score (nSPS) is 10.4. The summed E-state index contributed by atoms with van der Waals surface area (Å²) in [6.07, 6.45) is 0. The number of nitrogens with two attached hydrogens (primary N) is 1. The van der Waals surface area contributed by atoms with E-state index in [-0.39, 0.29) is 29.0 Å². The second kappa shape index (κ2) is 5.61. The van der Waals surface area contributed by atoms with Crippen LogP contribution in [0, 0.1) is 5.82 Å². The smallest absolute Gasteiger partial charge is 0.397 e.